The summed E-state index contributed by atoms with van der Waals surface area (Å²) in [6, 6.07) is 7.31. The molecule has 0 bridgehead atoms. The molecule has 1 aliphatic heterocycles. The van der Waals surface area contributed by atoms with Crippen LogP contribution in [0.25, 0.3) is 0 Å². The van der Waals surface area contributed by atoms with Crippen LogP contribution >= 0.6 is 31.9 Å². The third kappa shape index (κ3) is 2.45. The molecule has 1 heterocycles. The standard InChI is InChI=1S/C13H17Br2N/c1-2-12-4-3-7-16(12)13-8-11(15)6-5-10(13)9-14/h5-6,8,12H,2-4,7,9H2,1H3. The third-order valence-corrected chi connectivity index (χ3v) is 4.45. The molecule has 1 unspecified atom stereocenters. The maximum absolute atomic E-state index is 3.58. The van der Waals surface area contributed by atoms with Gasteiger partial charge in [0.05, 0.1) is 0 Å². The number of hydrogen-bond donors (Lipinski definition) is 0. The van der Waals surface area contributed by atoms with E-state index in [-0.39, 0.29) is 0 Å². The number of anilines is 1. The lowest BCUT2D eigenvalue weighted by molar-refractivity contribution is 0.644. The maximum atomic E-state index is 3.58. The Morgan fingerprint density at radius 3 is 2.94 bits per heavy atom. The first kappa shape index (κ1) is 12.4. The quantitative estimate of drug-likeness (QED) is 0.715. The highest BCUT2D eigenvalue weighted by atomic mass is 79.9. The number of rotatable bonds is 3. The van der Waals surface area contributed by atoms with E-state index in [0.29, 0.717) is 0 Å². The van der Waals surface area contributed by atoms with Gasteiger partial charge < -0.3 is 4.90 Å². The Hall–Kier alpha value is -0.0200. The lowest BCUT2D eigenvalue weighted by Crippen LogP contribution is -2.29. The van der Waals surface area contributed by atoms with E-state index >= 15 is 0 Å². The summed E-state index contributed by atoms with van der Waals surface area (Å²) in [5.74, 6) is 0. The minimum Gasteiger partial charge on any atom is -0.368 e. The first-order valence-electron chi connectivity index (χ1n) is 5.87. The predicted octanol–water partition coefficient (Wildman–Crippen LogP) is 4.72. The average Bonchev–Trinajstić information content (AvgIpc) is 2.76. The minimum atomic E-state index is 0.729. The molecular weight excluding hydrogens is 330 g/mol. The Kier molecular flexibility index (Phi) is 4.31. The maximum Gasteiger partial charge on any atom is 0.0421 e. The lowest BCUT2D eigenvalue weighted by atomic mass is 10.1. The summed E-state index contributed by atoms with van der Waals surface area (Å²) in [5.41, 5.74) is 2.79. The summed E-state index contributed by atoms with van der Waals surface area (Å²) in [6.07, 6.45) is 3.91. The van der Waals surface area contributed by atoms with Gasteiger partial charge in [-0.25, -0.2) is 0 Å². The smallest absolute Gasteiger partial charge is 0.0421 e. The molecule has 3 heteroatoms. The summed E-state index contributed by atoms with van der Waals surface area (Å²) < 4.78 is 1.17. The van der Waals surface area contributed by atoms with E-state index in [4.69, 9.17) is 0 Å². The van der Waals surface area contributed by atoms with Crippen molar-refractivity contribution in [3.63, 3.8) is 0 Å². The van der Waals surface area contributed by atoms with Gasteiger partial charge in [-0.15, -0.1) is 0 Å². The molecule has 1 aromatic rings. The fourth-order valence-corrected chi connectivity index (χ4v) is 3.32. The molecule has 1 aliphatic rings. The van der Waals surface area contributed by atoms with Gasteiger partial charge in [-0.05, 0) is 37.0 Å². The monoisotopic (exact) mass is 345 g/mol. The van der Waals surface area contributed by atoms with Crippen molar-refractivity contribution in [2.75, 3.05) is 11.4 Å². The Balaban J connectivity index is 2.34. The van der Waals surface area contributed by atoms with Crippen LogP contribution in [0.1, 0.15) is 31.7 Å². The average molecular weight is 347 g/mol. The van der Waals surface area contributed by atoms with Crippen molar-refractivity contribution in [1.82, 2.24) is 0 Å². The van der Waals surface area contributed by atoms with Crippen LogP contribution in [0.2, 0.25) is 0 Å². The molecule has 88 valence electrons. The largest absolute Gasteiger partial charge is 0.368 e. The molecule has 1 atom stereocenters. The summed E-state index contributed by atoms with van der Waals surface area (Å²) in [6.45, 7) is 3.49. The molecule has 1 aromatic carbocycles. The van der Waals surface area contributed by atoms with E-state index in [9.17, 15) is 0 Å². The van der Waals surface area contributed by atoms with Gasteiger partial charge >= 0.3 is 0 Å². The van der Waals surface area contributed by atoms with Gasteiger partial charge in [0.15, 0.2) is 0 Å². The highest BCUT2D eigenvalue weighted by Crippen LogP contribution is 2.33. The first-order valence-corrected chi connectivity index (χ1v) is 7.78. The van der Waals surface area contributed by atoms with Crippen molar-refractivity contribution in [1.29, 1.82) is 0 Å². The number of benzene rings is 1. The van der Waals surface area contributed by atoms with Crippen LogP contribution in [-0.2, 0) is 5.33 Å². The third-order valence-electron chi connectivity index (χ3n) is 3.35. The zero-order chi connectivity index (χ0) is 11.5. The Labute approximate surface area is 114 Å². The fraction of sp³-hybridized carbons (Fsp3) is 0.538. The molecular formula is C13H17Br2N. The van der Waals surface area contributed by atoms with E-state index in [0.717, 1.165) is 11.4 Å². The molecule has 2 rings (SSSR count). The summed E-state index contributed by atoms with van der Waals surface area (Å²) in [7, 11) is 0. The SMILES string of the molecule is CCC1CCCN1c1cc(Br)ccc1CBr. The summed E-state index contributed by atoms with van der Waals surface area (Å²) in [4.78, 5) is 2.57. The molecule has 0 spiro atoms. The topological polar surface area (TPSA) is 3.24 Å². The molecule has 1 fully saturated rings. The summed E-state index contributed by atoms with van der Waals surface area (Å²) in [5, 5.41) is 0.933. The van der Waals surface area contributed by atoms with Crippen LogP contribution in [0.15, 0.2) is 22.7 Å². The van der Waals surface area contributed by atoms with Gasteiger partial charge in [-0.2, -0.15) is 0 Å². The van der Waals surface area contributed by atoms with Crippen LogP contribution in [0.4, 0.5) is 5.69 Å². The Morgan fingerprint density at radius 2 is 2.25 bits per heavy atom. The molecule has 0 radical (unpaired) electrons. The van der Waals surface area contributed by atoms with E-state index in [2.05, 4.69) is 61.9 Å². The molecule has 0 aromatic heterocycles. The number of halogens is 2. The molecule has 1 nitrogen and oxygen atoms in total. The number of hydrogen-bond acceptors (Lipinski definition) is 1. The second-order valence-corrected chi connectivity index (χ2v) is 5.78. The number of alkyl halides is 1. The van der Waals surface area contributed by atoms with Crippen molar-refractivity contribution in [2.45, 2.75) is 37.6 Å². The van der Waals surface area contributed by atoms with Crippen molar-refractivity contribution in [3.05, 3.63) is 28.2 Å². The first-order chi connectivity index (χ1) is 7.76. The Bertz CT molecular complexity index is 365. The van der Waals surface area contributed by atoms with Gasteiger partial charge in [0.2, 0.25) is 0 Å². The minimum absolute atomic E-state index is 0.729. The van der Waals surface area contributed by atoms with Gasteiger partial charge in [-0.1, -0.05) is 44.8 Å². The summed E-state index contributed by atoms with van der Waals surface area (Å²) >= 11 is 7.15. The molecule has 1 saturated heterocycles. The van der Waals surface area contributed by atoms with Gasteiger partial charge in [0.1, 0.15) is 0 Å². The predicted molar refractivity (Wildman–Crippen MR) is 77.4 cm³/mol. The fourth-order valence-electron chi connectivity index (χ4n) is 2.49. The second kappa shape index (κ2) is 5.54. The van der Waals surface area contributed by atoms with Crippen LogP contribution in [0.3, 0.4) is 0 Å². The second-order valence-electron chi connectivity index (χ2n) is 4.30. The zero-order valence-electron chi connectivity index (χ0n) is 9.55. The van der Waals surface area contributed by atoms with Crippen LogP contribution in [0, 0.1) is 0 Å². The van der Waals surface area contributed by atoms with Gasteiger partial charge in [0.25, 0.3) is 0 Å². The molecule has 16 heavy (non-hydrogen) atoms. The van der Waals surface area contributed by atoms with Gasteiger partial charge in [-0.3, -0.25) is 0 Å². The van der Waals surface area contributed by atoms with E-state index in [1.165, 1.54) is 41.5 Å². The van der Waals surface area contributed by atoms with Crippen molar-refractivity contribution in [3.8, 4) is 0 Å². The van der Waals surface area contributed by atoms with Gasteiger partial charge in [0, 0.05) is 28.1 Å². The van der Waals surface area contributed by atoms with Crippen LogP contribution < -0.4 is 4.90 Å². The van der Waals surface area contributed by atoms with Crippen molar-refractivity contribution >= 4 is 37.5 Å². The van der Waals surface area contributed by atoms with E-state index in [1.54, 1.807) is 0 Å². The van der Waals surface area contributed by atoms with Crippen LogP contribution in [0.5, 0.6) is 0 Å². The molecule has 0 saturated carbocycles. The lowest BCUT2D eigenvalue weighted by Gasteiger charge is -2.28. The molecule has 0 amide bonds. The van der Waals surface area contributed by atoms with Crippen molar-refractivity contribution < 1.29 is 0 Å². The van der Waals surface area contributed by atoms with E-state index in [1.807, 2.05) is 0 Å². The van der Waals surface area contributed by atoms with E-state index < -0.39 is 0 Å². The molecule has 0 aliphatic carbocycles. The highest BCUT2D eigenvalue weighted by Gasteiger charge is 2.24. The highest BCUT2D eigenvalue weighted by molar-refractivity contribution is 9.10. The Morgan fingerprint density at radius 1 is 1.44 bits per heavy atom. The zero-order valence-corrected chi connectivity index (χ0v) is 12.7. The normalized spacial score (nSPS) is 20.4. The van der Waals surface area contributed by atoms with Crippen molar-refractivity contribution in [2.24, 2.45) is 0 Å². The van der Waals surface area contributed by atoms with Crippen LogP contribution in [-0.4, -0.2) is 12.6 Å². The number of nitrogens with zero attached hydrogens (tertiary/aromatic N) is 1. The molecule has 0 N–H and O–H groups in total.